The van der Waals surface area contributed by atoms with Crippen LogP contribution in [-0.2, 0) is 18.9 Å². The molecule has 0 fully saturated rings. The van der Waals surface area contributed by atoms with Crippen LogP contribution in [0.2, 0.25) is 0 Å². The Bertz CT molecular complexity index is 2020. The van der Waals surface area contributed by atoms with Crippen LogP contribution in [0.4, 0.5) is 0 Å². The highest BCUT2D eigenvalue weighted by molar-refractivity contribution is 6.33. The van der Waals surface area contributed by atoms with Gasteiger partial charge in [-0.25, -0.2) is 0 Å². The van der Waals surface area contributed by atoms with Crippen LogP contribution in [0.5, 0.6) is 11.5 Å². The number of amides is 4. The Kier molecular flexibility index (Phi) is 15.1. The zero-order valence-electron chi connectivity index (χ0n) is 33.2. The van der Waals surface area contributed by atoms with Crippen LogP contribution in [0.3, 0.4) is 0 Å². The van der Waals surface area contributed by atoms with Crippen molar-refractivity contribution in [2.24, 2.45) is 0 Å². The number of fused-ring (bicyclic) bond motifs is 2. The summed E-state index contributed by atoms with van der Waals surface area (Å²) in [7, 11) is 0. The van der Waals surface area contributed by atoms with E-state index in [2.05, 4.69) is 4.90 Å². The molecule has 4 aromatic rings. The Hall–Kier alpha value is -5.43. The highest BCUT2D eigenvalue weighted by Gasteiger charge is 2.39. The molecule has 0 bridgehead atoms. The molecule has 58 heavy (non-hydrogen) atoms. The molecule has 14 nitrogen and oxygen atoms in total. The largest absolute Gasteiger partial charge is 0.487 e. The number of carbonyl (C=O) groups excluding carboxylic acids is 4. The molecule has 0 saturated carbocycles. The lowest BCUT2D eigenvalue weighted by Gasteiger charge is -2.33. The minimum absolute atomic E-state index is 0.134. The van der Waals surface area contributed by atoms with Gasteiger partial charge in [-0.3, -0.25) is 33.9 Å². The van der Waals surface area contributed by atoms with E-state index in [1.54, 1.807) is 30.3 Å². The van der Waals surface area contributed by atoms with Gasteiger partial charge < -0.3 is 28.4 Å². The number of ether oxygens (including phenoxy) is 6. The number of nitrogens with zero attached hydrogens (tertiary/aromatic N) is 4. The molecule has 306 valence electrons. The van der Waals surface area contributed by atoms with Crippen molar-refractivity contribution in [1.82, 2.24) is 14.7 Å². The summed E-state index contributed by atoms with van der Waals surface area (Å²) in [5.41, 5.74) is 1.28. The number of unbranched alkanes of at least 4 members (excludes halogenated alkanes) is 1. The van der Waals surface area contributed by atoms with E-state index in [1.165, 1.54) is 16.7 Å². The Balaban J connectivity index is 0.00000183. The Labute approximate surface area is 338 Å². The van der Waals surface area contributed by atoms with E-state index in [0.29, 0.717) is 143 Å². The smallest absolute Gasteiger partial charge is 0.261 e. The maximum absolute atomic E-state index is 13.9. The molecule has 3 aliphatic rings. The lowest BCUT2D eigenvalue weighted by atomic mass is 9.86. The van der Waals surface area contributed by atoms with Crippen molar-refractivity contribution >= 4 is 45.2 Å². The van der Waals surface area contributed by atoms with Crippen molar-refractivity contribution in [2.45, 2.75) is 26.7 Å². The van der Waals surface area contributed by atoms with Gasteiger partial charge in [-0.15, -0.1) is 0 Å². The van der Waals surface area contributed by atoms with Gasteiger partial charge in [0.1, 0.15) is 13.2 Å². The van der Waals surface area contributed by atoms with Crippen molar-refractivity contribution in [3.8, 4) is 17.6 Å². The van der Waals surface area contributed by atoms with Crippen LogP contribution in [0.25, 0.3) is 21.5 Å². The molecule has 0 aliphatic carbocycles. The first-order valence-electron chi connectivity index (χ1n) is 19.8. The SMILES string of the molecule is CC#N.CCCCN1C(=O)c2ccc3c4c(ccc(c24)C1=O)C(=O)N(CCN1CCOCCOCCOc2cc4ccccc4cc2OCCOCCOCC1)C3=O. The molecular formula is C44H50N4O10. The van der Waals surface area contributed by atoms with Gasteiger partial charge in [-0.1, -0.05) is 37.6 Å². The Morgan fingerprint density at radius 1 is 0.552 bits per heavy atom. The number of hydrogen-bond acceptors (Lipinski definition) is 12. The topological polar surface area (TPSA) is 157 Å². The van der Waals surface area contributed by atoms with Crippen LogP contribution in [0.15, 0.2) is 60.7 Å². The fourth-order valence-electron chi connectivity index (χ4n) is 7.15. The lowest BCUT2D eigenvalue weighted by Crippen LogP contribution is -2.46. The van der Waals surface area contributed by atoms with Gasteiger partial charge in [0.25, 0.3) is 23.6 Å². The number of hydrogen-bond donors (Lipinski definition) is 0. The molecule has 0 unspecified atom stereocenters. The molecule has 0 radical (unpaired) electrons. The van der Waals surface area contributed by atoms with E-state index in [1.807, 2.05) is 43.3 Å². The molecule has 0 N–H and O–H groups in total. The summed E-state index contributed by atoms with van der Waals surface area (Å²) in [6.07, 6.45) is 1.52. The van der Waals surface area contributed by atoms with Crippen molar-refractivity contribution in [3.05, 3.63) is 82.9 Å². The van der Waals surface area contributed by atoms with Gasteiger partial charge in [0, 0.05) is 72.7 Å². The second-order valence-corrected chi connectivity index (χ2v) is 13.8. The summed E-state index contributed by atoms with van der Waals surface area (Å²) in [5.74, 6) is -0.417. The van der Waals surface area contributed by atoms with Gasteiger partial charge in [-0.2, -0.15) is 5.26 Å². The third kappa shape index (κ3) is 9.81. The maximum atomic E-state index is 13.9. The number of imide groups is 2. The summed E-state index contributed by atoms with van der Waals surface area (Å²) in [6, 6.07) is 20.1. The van der Waals surface area contributed by atoms with E-state index < -0.39 is 23.6 Å². The van der Waals surface area contributed by atoms with Crippen molar-refractivity contribution in [1.29, 1.82) is 5.26 Å². The molecule has 0 saturated heterocycles. The molecule has 0 spiro atoms. The minimum atomic E-state index is -0.454. The van der Waals surface area contributed by atoms with Crippen molar-refractivity contribution < 1.29 is 47.6 Å². The molecular weight excluding hydrogens is 745 g/mol. The van der Waals surface area contributed by atoms with E-state index in [0.717, 1.165) is 17.2 Å². The molecule has 4 aromatic carbocycles. The number of benzene rings is 4. The monoisotopic (exact) mass is 794 g/mol. The van der Waals surface area contributed by atoms with Gasteiger partial charge >= 0.3 is 0 Å². The first-order valence-corrected chi connectivity index (χ1v) is 19.8. The quantitative estimate of drug-likeness (QED) is 0.231. The van der Waals surface area contributed by atoms with Crippen molar-refractivity contribution in [3.63, 3.8) is 0 Å². The average Bonchev–Trinajstić information content (AvgIpc) is 3.23. The predicted molar refractivity (Wildman–Crippen MR) is 216 cm³/mol. The average molecular weight is 795 g/mol. The zero-order valence-corrected chi connectivity index (χ0v) is 33.2. The fourth-order valence-corrected chi connectivity index (χ4v) is 7.15. The third-order valence-electron chi connectivity index (χ3n) is 10.1. The minimum Gasteiger partial charge on any atom is -0.487 e. The summed E-state index contributed by atoms with van der Waals surface area (Å²) >= 11 is 0. The second-order valence-electron chi connectivity index (χ2n) is 13.8. The highest BCUT2D eigenvalue weighted by Crippen LogP contribution is 2.38. The van der Waals surface area contributed by atoms with Crippen LogP contribution in [0.1, 0.15) is 68.1 Å². The van der Waals surface area contributed by atoms with Crippen LogP contribution in [0, 0.1) is 11.3 Å². The van der Waals surface area contributed by atoms with Gasteiger partial charge in [0.15, 0.2) is 11.5 Å². The molecule has 0 atom stereocenters. The van der Waals surface area contributed by atoms with E-state index in [9.17, 15) is 19.2 Å². The highest BCUT2D eigenvalue weighted by atomic mass is 16.6. The molecule has 14 heteroatoms. The normalized spacial score (nSPS) is 17.7. The van der Waals surface area contributed by atoms with Gasteiger partial charge in [0.2, 0.25) is 0 Å². The third-order valence-corrected chi connectivity index (χ3v) is 10.1. The fraction of sp³-hybridized carbons (Fsp3) is 0.432. The number of nitriles is 1. The van der Waals surface area contributed by atoms with Crippen molar-refractivity contribution in [2.75, 3.05) is 98.8 Å². The lowest BCUT2D eigenvalue weighted by molar-refractivity contribution is 0.0171. The zero-order chi connectivity index (χ0) is 40.9. The number of rotatable bonds is 6. The molecule has 7 rings (SSSR count). The first-order chi connectivity index (χ1) is 28.4. The Morgan fingerprint density at radius 2 is 0.931 bits per heavy atom. The Morgan fingerprint density at radius 3 is 1.34 bits per heavy atom. The second kappa shape index (κ2) is 20.8. The standard InChI is InChI=1S/C42H47N3O10.C2H3N/c1-2-3-12-44-39(46)31-8-10-33-38-34(11-9-32(37(31)38)40(44)47)42(49)45(41(33)48)14-13-43-15-17-50-19-21-52-23-25-54-35-27-29-6-4-5-7-30(29)28-36(35)55-26-24-53-22-20-51-18-16-43;1-2-3/h4-11,27-28H,2-3,12-26H2,1H3;1H3. The summed E-state index contributed by atoms with van der Waals surface area (Å²) in [4.78, 5) is 59.1. The van der Waals surface area contributed by atoms with Crippen LogP contribution >= 0.6 is 0 Å². The van der Waals surface area contributed by atoms with Gasteiger partial charge in [-0.05, 0) is 53.6 Å². The number of carbonyl (C=O) groups is 4. The van der Waals surface area contributed by atoms with Crippen LogP contribution in [-0.4, -0.2) is 137 Å². The van der Waals surface area contributed by atoms with E-state index in [4.69, 9.17) is 33.7 Å². The first kappa shape index (κ1) is 42.2. The maximum Gasteiger partial charge on any atom is 0.261 e. The predicted octanol–water partition coefficient (Wildman–Crippen LogP) is 5.35. The molecule has 3 heterocycles. The molecule has 3 aliphatic heterocycles. The van der Waals surface area contributed by atoms with E-state index in [-0.39, 0.29) is 6.54 Å². The summed E-state index contributed by atoms with van der Waals surface area (Å²) in [5, 5.41) is 10.2. The van der Waals surface area contributed by atoms with Gasteiger partial charge in [0.05, 0.1) is 58.9 Å². The molecule has 0 aromatic heterocycles. The molecule has 4 amide bonds. The summed E-state index contributed by atoms with van der Waals surface area (Å²) < 4.78 is 35.3. The summed E-state index contributed by atoms with van der Waals surface area (Å²) in [6.45, 7) is 9.18. The van der Waals surface area contributed by atoms with E-state index >= 15 is 0 Å². The van der Waals surface area contributed by atoms with Crippen LogP contribution < -0.4 is 9.47 Å².